The molecule has 5 atom stereocenters. The highest BCUT2D eigenvalue weighted by molar-refractivity contribution is 5.88. The van der Waals surface area contributed by atoms with Crippen molar-refractivity contribution in [1.29, 1.82) is 0 Å². The van der Waals surface area contributed by atoms with Gasteiger partial charge in [0.05, 0.1) is 6.17 Å². The van der Waals surface area contributed by atoms with Crippen LogP contribution in [-0.4, -0.2) is 34.0 Å². The number of phenols is 1. The van der Waals surface area contributed by atoms with E-state index in [9.17, 15) is 14.7 Å². The Kier molecular flexibility index (Phi) is 6.24. The number of phenolic OH excluding ortho intramolecular Hbond substituents is 1. The van der Waals surface area contributed by atoms with E-state index in [1.165, 1.54) is 6.07 Å². The van der Waals surface area contributed by atoms with Crippen molar-refractivity contribution >= 4 is 16.9 Å². The second-order valence-electron chi connectivity index (χ2n) is 12.9. The van der Waals surface area contributed by atoms with Gasteiger partial charge in [0.15, 0.2) is 11.0 Å². The molecular formula is C33H38N2O7. The Balaban J connectivity index is 1.30. The van der Waals surface area contributed by atoms with Crippen LogP contribution in [0.15, 0.2) is 45.6 Å². The maximum atomic E-state index is 14.3. The number of hydrogen-bond donors (Lipinski definition) is 3. The van der Waals surface area contributed by atoms with Crippen LogP contribution in [0.4, 0.5) is 0 Å². The smallest absolute Gasteiger partial charge is 0.341 e. The fourth-order valence-electron chi connectivity index (χ4n) is 7.95. The standard InChI is InChI=1S/C33H38N2O7/c1-18-14-22(36)26-23(39-18)16-24-25(27(26)37)21-10-3-4-13-33-30(38)40-28(21)31(2,41-24)11-5-6-12-32(33,42-33)17-19-8-7-9-20(15-19)29(34)35/h7-9,14-16,21,28-29,37H,3-6,10-13,17,34-35H2,1-2H3. The average Bonchev–Trinajstić information content (AvgIpc) is 3.55. The maximum Gasteiger partial charge on any atom is 0.341 e. The predicted octanol–water partition coefficient (Wildman–Crippen LogP) is 4.77. The lowest BCUT2D eigenvalue weighted by Crippen LogP contribution is -2.55. The molecule has 2 aromatic carbocycles. The Morgan fingerprint density at radius 3 is 2.64 bits per heavy atom. The predicted molar refractivity (Wildman–Crippen MR) is 155 cm³/mol. The molecule has 9 heteroatoms. The van der Waals surface area contributed by atoms with E-state index in [1.54, 1.807) is 13.0 Å². The van der Waals surface area contributed by atoms with E-state index >= 15 is 0 Å². The number of rotatable bonds is 3. The van der Waals surface area contributed by atoms with Gasteiger partial charge in [0, 0.05) is 30.0 Å². The molecule has 42 heavy (non-hydrogen) atoms. The number of carbonyl (C=O) groups is 1. The summed E-state index contributed by atoms with van der Waals surface area (Å²) in [7, 11) is 0. The summed E-state index contributed by atoms with van der Waals surface area (Å²) in [5, 5.41) is 11.6. The van der Waals surface area contributed by atoms with Gasteiger partial charge in [-0.2, -0.15) is 0 Å². The van der Waals surface area contributed by atoms with Crippen molar-refractivity contribution in [3.63, 3.8) is 0 Å². The molecular weight excluding hydrogens is 536 g/mol. The zero-order chi connectivity index (χ0) is 29.4. The van der Waals surface area contributed by atoms with Crippen LogP contribution in [0.3, 0.4) is 0 Å². The minimum absolute atomic E-state index is 0.123. The summed E-state index contributed by atoms with van der Waals surface area (Å²) in [5.41, 5.74) is 11.7. The third-order valence-corrected chi connectivity index (χ3v) is 10.0. The molecule has 0 amide bonds. The van der Waals surface area contributed by atoms with Gasteiger partial charge in [-0.15, -0.1) is 0 Å². The molecule has 4 aliphatic rings. The molecule has 7 rings (SSSR count). The first-order chi connectivity index (χ1) is 20.1. The largest absolute Gasteiger partial charge is 0.507 e. The third-order valence-electron chi connectivity index (χ3n) is 10.0. The summed E-state index contributed by atoms with van der Waals surface area (Å²) in [6.45, 7) is 3.69. The highest BCUT2D eigenvalue weighted by Gasteiger charge is 2.75. The summed E-state index contributed by atoms with van der Waals surface area (Å²) < 4.78 is 25.5. The number of hydrogen-bond acceptors (Lipinski definition) is 9. The van der Waals surface area contributed by atoms with Crippen LogP contribution in [0.5, 0.6) is 11.5 Å². The zero-order valence-electron chi connectivity index (χ0n) is 24.1. The average molecular weight is 575 g/mol. The van der Waals surface area contributed by atoms with Crippen molar-refractivity contribution in [2.24, 2.45) is 11.5 Å². The molecule has 0 aliphatic carbocycles. The van der Waals surface area contributed by atoms with E-state index in [2.05, 4.69) is 0 Å². The van der Waals surface area contributed by atoms with E-state index < -0.39 is 29.1 Å². The van der Waals surface area contributed by atoms with Crippen molar-refractivity contribution < 1.29 is 28.5 Å². The number of nitrogens with two attached hydrogens (primary N) is 2. The van der Waals surface area contributed by atoms with Crippen LogP contribution in [0.2, 0.25) is 0 Å². The van der Waals surface area contributed by atoms with Crippen LogP contribution < -0.4 is 21.6 Å². The minimum atomic E-state index is -1.05. The topological polar surface area (TPSA) is 151 Å². The quantitative estimate of drug-likeness (QED) is 0.228. The molecule has 5 heterocycles. The van der Waals surface area contributed by atoms with Gasteiger partial charge in [0.1, 0.15) is 45.5 Å². The molecule has 5 N–H and O–H groups in total. The molecule has 2 bridgehead atoms. The maximum absolute atomic E-state index is 14.3. The first kappa shape index (κ1) is 27.4. The highest BCUT2D eigenvalue weighted by atomic mass is 16.7. The lowest BCUT2D eigenvalue weighted by Gasteiger charge is -2.46. The summed E-state index contributed by atoms with van der Waals surface area (Å²) in [6.07, 6.45) is 5.17. The molecule has 4 aliphatic heterocycles. The Bertz CT molecular complexity index is 1650. The van der Waals surface area contributed by atoms with Crippen molar-refractivity contribution in [2.45, 2.75) is 107 Å². The Morgan fingerprint density at radius 1 is 1.05 bits per heavy atom. The Morgan fingerprint density at radius 2 is 1.83 bits per heavy atom. The van der Waals surface area contributed by atoms with Gasteiger partial charge in [0.25, 0.3) is 0 Å². The lowest BCUT2D eigenvalue weighted by atomic mass is 9.74. The van der Waals surface area contributed by atoms with E-state index in [4.69, 9.17) is 30.1 Å². The number of esters is 1. The zero-order valence-corrected chi connectivity index (χ0v) is 24.1. The minimum Gasteiger partial charge on any atom is -0.507 e. The summed E-state index contributed by atoms with van der Waals surface area (Å²) >= 11 is 0. The van der Waals surface area contributed by atoms with Gasteiger partial charge in [-0.05, 0) is 63.5 Å². The lowest BCUT2D eigenvalue weighted by molar-refractivity contribution is -0.173. The first-order valence-electron chi connectivity index (χ1n) is 15.1. The molecule has 1 spiro atoms. The summed E-state index contributed by atoms with van der Waals surface area (Å²) in [6, 6.07) is 11.0. The fourth-order valence-corrected chi connectivity index (χ4v) is 7.95. The molecule has 9 nitrogen and oxygen atoms in total. The Labute approximate surface area is 244 Å². The number of fused-ring (bicyclic) bond motifs is 4. The monoisotopic (exact) mass is 574 g/mol. The van der Waals surface area contributed by atoms with Crippen LogP contribution in [-0.2, 0) is 20.7 Å². The van der Waals surface area contributed by atoms with Crippen LogP contribution in [0.1, 0.15) is 92.8 Å². The molecule has 3 fully saturated rings. The summed E-state index contributed by atoms with van der Waals surface area (Å²) in [5.74, 6) is 0.0625. The number of carbonyl (C=O) groups excluding carboxylic acids is 1. The van der Waals surface area contributed by atoms with Crippen molar-refractivity contribution in [2.75, 3.05) is 0 Å². The number of aryl methyl sites for hydroxylation is 1. The normalized spacial score (nSPS) is 32.2. The molecule has 0 radical (unpaired) electrons. The van der Waals surface area contributed by atoms with Crippen LogP contribution in [0, 0.1) is 6.92 Å². The van der Waals surface area contributed by atoms with Gasteiger partial charge in [0.2, 0.25) is 0 Å². The van der Waals surface area contributed by atoms with Crippen LogP contribution in [0.25, 0.3) is 11.0 Å². The SMILES string of the molecule is Cc1cc(=O)c2c(O)c3c(cc2o1)OC1(C)CCCCC2(Cc4cccc(C(N)N)c4)OC24CCCCC3C1OC4=O. The second kappa shape index (κ2) is 9.56. The van der Waals surface area contributed by atoms with Crippen molar-refractivity contribution in [3.8, 4) is 11.5 Å². The Hall–Kier alpha value is -3.40. The molecule has 3 aromatic rings. The molecule has 3 saturated heterocycles. The summed E-state index contributed by atoms with van der Waals surface area (Å²) in [4.78, 5) is 27.2. The highest BCUT2D eigenvalue weighted by Crippen LogP contribution is 2.60. The second-order valence-corrected chi connectivity index (χ2v) is 12.9. The first-order valence-corrected chi connectivity index (χ1v) is 15.1. The molecule has 0 saturated carbocycles. The van der Waals surface area contributed by atoms with Crippen molar-refractivity contribution in [3.05, 3.63) is 69.1 Å². The van der Waals surface area contributed by atoms with Gasteiger partial charge in [-0.1, -0.05) is 37.1 Å². The van der Waals surface area contributed by atoms with E-state index in [1.807, 2.05) is 31.2 Å². The molecule has 222 valence electrons. The molecule has 1 aromatic heterocycles. The van der Waals surface area contributed by atoms with Crippen LogP contribution >= 0.6 is 0 Å². The number of ether oxygens (including phenoxy) is 3. The number of epoxide rings is 1. The van der Waals surface area contributed by atoms with Gasteiger partial charge in [-0.3, -0.25) is 4.79 Å². The van der Waals surface area contributed by atoms with E-state index in [-0.39, 0.29) is 34.0 Å². The van der Waals surface area contributed by atoms with Gasteiger partial charge >= 0.3 is 5.97 Å². The number of aromatic hydroxyl groups is 1. The third kappa shape index (κ3) is 4.08. The fraction of sp³-hybridized carbons (Fsp3) is 0.515. The molecule has 5 unspecified atom stereocenters. The van der Waals surface area contributed by atoms with Gasteiger partial charge in [-0.25, -0.2) is 4.79 Å². The van der Waals surface area contributed by atoms with E-state index in [0.29, 0.717) is 42.8 Å². The van der Waals surface area contributed by atoms with Gasteiger partial charge < -0.3 is 35.2 Å². The van der Waals surface area contributed by atoms with E-state index in [0.717, 1.165) is 43.2 Å². The van der Waals surface area contributed by atoms with Crippen molar-refractivity contribution in [1.82, 2.24) is 0 Å². The number of benzene rings is 2.